The standard InChI is InChI=1S/C17H18ClFN2O/c18-13-3-1-2-12-15-10-20-11-21(15)14(16(12)13)4-5-17(19)6-8-22-9-7-17/h1-3,10-11,14H,4-9H2. The van der Waals surface area contributed by atoms with E-state index in [1.165, 1.54) is 0 Å². The molecule has 22 heavy (non-hydrogen) atoms. The van der Waals surface area contributed by atoms with E-state index in [0.717, 1.165) is 28.3 Å². The molecule has 2 aliphatic heterocycles. The molecule has 1 unspecified atom stereocenters. The number of nitrogens with zero attached hydrogens (tertiary/aromatic N) is 2. The van der Waals surface area contributed by atoms with Crippen LogP contribution >= 0.6 is 11.6 Å². The van der Waals surface area contributed by atoms with E-state index in [1.54, 1.807) is 0 Å². The first-order valence-corrected chi connectivity index (χ1v) is 8.13. The molecular weight excluding hydrogens is 303 g/mol. The monoisotopic (exact) mass is 320 g/mol. The van der Waals surface area contributed by atoms with Crippen molar-refractivity contribution in [3.63, 3.8) is 0 Å². The maximum Gasteiger partial charge on any atom is 0.115 e. The van der Waals surface area contributed by atoms with Gasteiger partial charge in [-0.25, -0.2) is 9.37 Å². The maximum atomic E-state index is 14.9. The topological polar surface area (TPSA) is 27.1 Å². The zero-order chi connectivity index (χ0) is 15.2. The average molecular weight is 321 g/mol. The Bertz CT molecular complexity index is 694. The molecule has 1 saturated heterocycles. The summed E-state index contributed by atoms with van der Waals surface area (Å²) in [4.78, 5) is 4.24. The van der Waals surface area contributed by atoms with E-state index in [1.807, 2.05) is 24.7 Å². The third-order valence-corrected chi connectivity index (χ3v) is 5.25. The lowest BCUT2D eigenvalue weighted by molar-refractivity contribution is -0.0151. The molecule has 0 spiro atoms. The summed E-state index contributed by atoms with van der Waals surface area (Å²) in [7, 11) is 0. The second-order valence-electron chi connectivity index (χ2n) is 6.20. The molecular formula is C17H18ClFN2O. The van der Waals surface area contributed by atoms with Crippen LogP contribution < -0.4 is 0 Å². The maximum absolute atomic E-state index is 14.9. The number of hydrogen-bond acceptors (Lipinski definition) is 2. The van der Waals surface area contributed by atoms with Gasteiger partial charge in [-0.3, -0.25) is 0 Å². The lowest BCUT2D eigenvalue weighted by Gasteiger charge is -2.30. The zero-order valence-corrected chi connectivity index (χ0v) is 13.0. The van der Waals surface area contributed by atoms with E-state index in [4.69, 9.17) is 16.3 Å². The Balaban J connectivity index is 1.62. The Morgan fingerprint density at radius 1 is 1.36 bits per heavy atom. The second kappa shape index (κ2) is 5.36. The fourth-order valence-corrected chi connectivity index (χ4v) is 3.97. The number of benzene rings is 1. The fourth-order valence-electron chi connectivity index (χ4n) is 3.67. The van der Waals surface area contributed by atoms with Crippen LogP contribution in [-0.4, -0.2) is 28.4 Å². The minimum Gasteiger partial charge on any atom is -0.381 e. The van der Waals surface area contributed by atoms with Crippen LogP contribution in [0.5, 0.6) is 0 Å². The normalized spacial score (nSPS) is 22.4. The Morgan fingerprint density at radius 2 is 2.18 bits per heavy atom. The highest BCUT2D eigenvalue weighted by Crippen LogP contribution is 2.46. The van der Waals surface area contributed by atoms with Crippen LogP contribution in [-0.2, 0) is 4.74 Å². The van der Waals surface area contributed by atoms with Crippen molar-refractivity contribution < 1.29 is 9.13 Å². The molecule has 1 aromatic heterocycles. The summed E-state index contributed by atoms with van der Waals surface area (Å²) in [5.74, 6) is 0. The van der Waals surface area contributed by atoms with E-state index < -0.39 is 5.67 Å². The molecule has 0 N–H and O–H groups in total. The predicted octanol–water partition coefficient (Wildman–Crippen LogP) is 4.41. The predicted molar refractivity (Wildman–Crippen MR) is 83.9 cm³/mol. The molecule has 4 rings (SSSR count). The largest absolute Gasteiger partial charge is 0.381 e. The van der Waals surface area contributed by atoms with E-state index in [-0.39, 0.29) is 6.04 Å². The van der Waals surface area contributed by atoms with Gasteiger partial charge in [0.15, 0.2) is 0 Å². The first-order chi connectivity index (χ1) is 10.7. The van der Waals surface area contributed by atoms with Gasteiger partial charge in [0.2, 0.25) is 0 Å². The van der Waals surface area contributed by atoms with Crippen molar-refractivity contribution in [1.82, 2.24) is 9.55 Å². The number of halogens is 2. The lowest BCUT2D eigenvalue weighted by Crippen LogP contribution is -2.32. The highest BCUT2D eigenvalue weighted by molar-refractivity contribution is 6.32. The van der Waals surface area contributed by atoms with Gasteiger partial charge in [0.1, 0.15) is 5.67 Å². The lowest BCUT2D eigenvalue weighted by atomic mass is 9.88. The van der Waals surface area contributed by atoms with Gasteiger partial charge >= 0.3 is 0 Å². The highest BCUT2D eigenvalue weighted by Gasteiger charge is 2.36. The van der Waals surface area contributed by atoms with Crippen molar-refractivity contribution in [2.24, 2.45) is 0 Å². The molecule has 1 aromatic carbocycles. The van der Waals surface area contributed by atoms with E-state index in [9.17, 15) is 4.39 Å². The van der Waals surface area contributed by atoms with Gasteiger partial charge in [-0.2, -0.15) is 0 Å². The van der Waals surface area contributed by atoms with Gasteiger partial charge in [-0.1, -0.05) is 23.7 Å². The molecule has 116 valence electrons. The number of ether oxygens (including phenoxy) is 1. The van der Waals surface area contributed by atoms with Crippen LogP contribution in [0.1, 0.15) is 37.3 Å². The number of imidazole rings is 1. The smallest absolute Gasteiger partial charge is 0.115 e. The SMILES string of the molecule is FC1(CCC2c3c(Cl)cccc3-c3cncn32)CCOCC1. The molecule has 1 fully saturated rings. The summed E-state index contributed by atoms with van der Waals surface area (Å²) >= 11 is 6.42. The fraction of sp³-hybridized carbons (Fsp3) is 0.471. The van der Waals surface area contributed by atoms with E-state index in [2.05, 4.69) is 15.6 Å². The third-order valence-electron chi connectivity index (χ3n) is 4.92. The first kappa shape index (κ1) is 14.2. The Labute approximate surface area is 134 Å². The summed E-state index contributed by atoms with van der Waals surface area (Å²) in [6.45, 7) is 1.05. The number of rotatable bonds is 3. The van der Waals surface area contributed by atoms with Crippen LogP contribution in [0.3, 0.4) is 0 Å². The van der Waals surface area contributed by atoms with E-state index in [0.29, 0.717) is 32.5 Å². The molecule has 3 heterocycles. The summed E-state index contributed by atoms with van der Waals surface area (Å²) in [6.07, 6.45) is 5.93. The third kappa shape index (κ3) is 2.25. The molecule has 0 aliphatic carbocycles. The van der Waals surface area contributed by atoms with Crippen molar-refractivity contribution in [2.75, 3.05) is 13.2 Å². The molecule has 0 radical (unpaired) electrons. The van der Waals surface area contributed by atoms with Crippen molar-refractivity contribution in [1.29, 1.82) is 0 Å². The molecule has 2 aliphatic rings. The van der Waals surface area contributed by atoms with Gasteiger partial charge in [-0.15, -0.1) is 0 Å². The molecule has 2 aromatic rings. The Hall–Kier alpha value is -1.39. The molecule has 5 heteroatoms. The first-order valence-electron chi connectivity index (χ1n) is 7.75. The van der Waals surface area contributed by atoms with Crippen molar-refractivity contribution in [2.45, 2.75) is 37.4 Å². The summed E-state index contributed by atoms with van der Waals surface area (Å²) in [5, 5.41) is 0.756. The van der Waals surface area contributed by atoms with Gasteiger partial charge in [-0.05, 0) is 18.9 Å². The van der Waals surface area contributed by atoms with Gasteiger partial charge in [0.25, 0.3) is 0 Å². The summed E-state index contributed by atoms with van der Waals surface area (Å²) < 4.78 is 22.3. The second-order valence-corrected chi connectivity index (χ2v) is 6.61. The quantitative estimate of drug-likeness (QED) is 0.838. The summed E-state index contributed by atoms with van der Waals surface area (Å²) in [6, 6.07) is 6.01. The van der Waals surface area contributed by atoms with Crippen LogP contribution in [0.25, 0.3) is 11.3 Å². The molecule has 0 bridgehead atoms. The number of aromatic nitrogens is 2. The molecule has 1 atom stereocenters. The van der Waals surface area contributed by atoms with Crippen LogP contribution in [0, 0.1) is 0 Å². The molecule has 0 saturated carbocycles. The van der Waals surface area contributed by atoms with Crippen LogP contribution in [0.4, 0.5) is 4.39 Å². The average Bonchev–Trinajstić information content (AvgIpc) is 3.08. The minimum atomic E-state index is -1.11. The number of fused-ring (bicyclic) bond motifs is 3. The van der Waals surface area contributed by atoms with Crippen molar-refractivity contribution in [3.8, 4) is 11.3 Å². The van der Waals surface area contributed by atoms with Crippen molar-refractivity contribution in [3.05, 3.63) is 41.3 Å². The van der Waals surface area contributed by atoms with Crippen LogP contribution in [0.15, 0.2) is 30.7 Å². The van der Waals surface area contributed by atoms with E-state index >= 15 is 0 Å². The van der Waals surface area contributed by atoms with Gasteiger partial charge < -0.3 is 9.30 Å². The molecule has 3 nitrogen and oxygen atoms in total. The molecule has 0 amide bonds. The van der Waals surface area contributed by atoms with Crippen molar-refractivity contribution >= 4 is 11.6 Å². The highest BCUT2D eigenvalue weighted by atomic mass is 35.5. The number of alkyl halides is 1. The number of hydrogen-bond donors (Lipinski definition) is 0. The Kier molecular flexibility index (Phi) is 3.46. The minimum absolute atomic E-state index is 0.0802. The van der Waals surface area contributed by atoms with Gasteiger partial charge in [0, 0.05) is 42.2 Å². The van der Waals surface area contributed by atoms with Crippen LogP contribution in [0.2, 0.25) is 5.02 Å². The van der Waals surface area contributed by atoms with Gasteiger partial charge in [0.05, 0.1) is 24.3 Å². The Morgan fingerprint density at radius 3 is 3.00 bits per heavy atom. The summed E-state index contributed by atoms with van der Waals surface area (Å²) in [5.41, 5.74) is 2.19. The zero-order valence-electron chi connectivity index (χ0n) is 12.3.